The van der Waals surface area contributed by atoms with E-state index in [1.807, 2.05) is 24.3 Å². The van der Waals surface area contributed by atoms with Crippen molar-refractivity contribution in [2.45, 2.75) is 12.5 Å². The molecule has 1 aliphatic rings. The first-order valence-electron chi connectivity index (χ1n) is 6.87. The molecule has 23 heavy (non-hydrogen) atoms. The monoisotopic (exact) mass is 353 g/mol. The SMILES string of the molecule is O=C(CNC(=O)c1sc2ccccc2c1Cl)OC1CCOC1=O. The Kier molecular flexibility index (Phi) is 4.49. The van der Waals surface area contributed by atoms with Gasteiger partial charge in [0.1, 0.15) is 11.4 Å². The Morgan fingerprint density at radius 3 is 2.87 bits per heavy atom. The van der Waals surface area contributed by atoms with E-state index in [-0.39, 0.29) is 13.2 Å². The lowest BCUT2D eigenvalue weighted by atomic mass is 10.2. The van der Waals surface area contributed by atoms with Gasteiger partial charge in [-0.15, -0.1) is 11.3 Å². The lowest BCUT2D eigenvalue weighted by Gasteiger charge is -2.08. The molecule has 1 aliphatic heterocycles. The highest BCUT2D eigenvalue weighted by Gasteiger charge is 2.30. The van der Waals surface area contributed by atoms with Gasteiger partial charge in [-0.25, -0.2) is 4.79 Å². The fraction of sp³-hybridized carbons (Fsp3) is 0.267. The van der Waals surface area contributed by atoms with Crippen molar-refractivity contribution < 1.29 is 23.9 Å². The van der Waals surface area contributed by atoms with Gasteiger partial charge in [0.05, 0.1) is 11.6 Å². The highest BCUT2D eigenvalue weighted by atomic mass is 35.5. The smallest absolute Gasteiger partial charge is 0.347 e. The number of hydrogen-bond donors (Lipinski definition) is 1. The summed E-state index contributed by atoms with van der Waals surface area (Å²) in [5, 5.41) is 3.60. The molecule has 1 fully saturated rings. The number of amides is 1. The Morgan fingerprint density at radius 1 is 1.39 bits per heavy atom. The molecule has 2 aromatic rings. The van der Waals surface area contributed by atoms with Gasteiger partial charge >= 0.3 is 11.9 Å². The lowest BCUT2D eigenvalue weighted by molar-refractivity contribution is -0.159. The van der Waals surface area contributed by atoms with E-state index in [0.29, 0.717) is 16.3 Å². The normalized spacial score (nSPS) is 17.1. The number of carbonyl (C=O) groups excluding carboxylic acids is 3. The summed E-state index contributed by atoms with van der Waals surface area (Å²) in [6, 6.07) is 7.38. The van der Waals surface area contributed by atoms with Gasteiger partial charge in [0.2, 0.25) is 6.10 Å². The molecule has 1 aromatic carbocycles. The van der Waals surface area contributed by atoms with E-state index in [2.05, 4.69) is 5.32 Å². The largest absolute Gasteiger partial charge is 0.463 e. The number of halogens is 1. The molecule has 1 aromatic heterocycles. The highest BCUT2D eigenvalue weighted by molar-refractivity contribution is 7.21. The van der Waals surface area contributed by atoms with Crippen molar-refractivity contribution in [1.29, 1.82) is 0 Å². The summed E-state index contributed by atoms with van der Waals surface area (Å²) in [7, 11) is 0. The summed E-state index contributed by atoms with van der Waals surface area (Å²) in [4.78, 5) is 35.4. The molecule has 2 heterocycles. The van der Waals surface area contributed by atoms with E-state index >= 15 is 0 Å². The van der Waals surface area contributed by atoms with E-state index in [0.717, 1.165) is 10.1 Å². The molecular formula is C15H12ClNO5S. The van der Waals surface area contributed by atoms with E-state index in [9.17, 15) is 14.4 Å². The van der Waals surface area contributed by atoms with Gasteiger partial charge < -0.3 is 14.8 Å². The second kappa shape index (κ2) is 6.55. The van der Waals surface area contributed by atoms with Crippen LogP contribution in [0.15, 0.2) is 24.3 Å². The maximum atomic E-state index is 12.2. The average molecular weight is 354 g/mol. The zero-order valence-corrected chi connectivity index (χ0v) is 13.4. The summed E-state index contributed by atoms with van der Waals surface area (Å²) in [6.07, 6.45) is -0.548. The second-order valence-corrected chi connectivity index (χ2v) is 6.29. The molecule has 1 atom stereocenters. The van der Waals surface area contributed by atoms with E-state index in [1.165, 1.54) is 11.3 Å². The number of rotatable bonds is 4. The molecule has 120 valence electrons. The molecule has 6 nitrogen and oxygen atoms in total. The van der Waals surface area contributed by atoms with Crippen molar-refractivity contribution in [2.75, 3.05) is 13.2 Å². The second-order valence-electron chi connectivity index (χ2n) is 4.86. The minimum Gasteiger partial charge on any atom is -0.463 e. The van der Waals surface area contributed by atoms with Crippen LogP contribution in [0.1, 0.15) is 16.1 Å². The maximum absolute atomic E-state index is 12.2. The number of fused-ring (bicyclic) bond motifs is 1. The minimum absolute atomic E-state index is 0.237. The number of ether oxygens (including phenoxy) is 2. The summed E-state index contributed by atoms with van der Waals surface area (Å²) in [6.45, 7) is -0.103. The average Bonchev–Trinajstić information content (AvgIpc) is 3.09. The van der Waals surface area contributed by atoms with Crippen LogP contribution >= 0.6 is 22.9 Å². The quantitative estimate of drug-likeness (QED) is 0.852. The summed E-state index contributed by atoms with van der Waals surface area (Å²) >= 11 is 7.44. The van der Waals surface area contributed by atoms with Gasteiger partial charge in [0.15, 0.2) is 0 Å². The predicted octanol–water partition coefficient (Wildman–Crippen LogP) is 2.14. The number of nitrogens with one attached hydrogen (secondary N) is 1. The highest BCUT2D eigenvalue weighted by Crippen LogP contribution is 2.34. The maximum Gasteiger partial charge on any atom is 0.347 e. The standard InChI is InChI=1S/C15H12ClNO5S/c16-12-8-3-1-2-4-10(8)23-13(12)14(19)17-7-11(18)22-9-5-6-21-15(9)20/h1-4,9H,5-7H2,(H,17,19). The number of thiophene rings is 1. The number of carbonyl (C=O) groups is 3. The Bertz CT molecular complexity index is 787. The first-order valence-corrected chi connectivity index (χ1v) is 8.07. The molecule has 1 unspecified atom stereocenters. The molecule has 8 heteroatoms. The molecule has 0 saturated carbocycles. The number of hydrogen-bond acceptors (Lipinski definition) is 6. The molecule has 0 bridgehead atoms. The van der Waals surface area contributed by atoms with Gasteiger partial charge in [0.25, 0.3) is 5.91 Å². The molecule has 3 rings (SSSR count). The first-order chi connectivity index (χ1) is 11.1. The van der Waals surface area contributed by atoms with Crippen molar-refractivity contribution in [3.63, 3.8) is 0 Å². The molecule has 1 amide bonds. The van der Waals surface area contributed by atoms with Gasteiger partial charge in [-0.1, -0.05) is 29.8 Å². The van der Waals surface area contributed by atoms with Crippen LogP contribution in [0.25, 0.3) is 10.1 Å². The van der Waals surface area contributed by atoms with Crippen LogP contribution in [0.2, 0.25) is 5.02 Å². The van der Waals surface area contributed by atoms with E-state index < -0.39 is 23.9 Å². The number of benzene rings is 1. The number of esters is 2. The van der Waals surface area contributed by atoms with Crippen LogP contribution in [0.4, 0.5) is 0 Å². The van der Waals surface area contributed by atoms with Crippen LogP contribution in [0.5, 0.6) is 0 Å². The predicted molar refractivity (Wildman–Crippen MR) is 84.6 cm³/mol. The fourth-order valence-electron chi connectivity index (χ4n) is 2.18. The van der Waals surface area contributed by atoms with E-state index in [1.54, 1.807) is 0 Å². The van der Waals surface area contributed by atoms with Crippen molar-refractivity contribution in [2.24, 2.45) is 0 Å². The topological polar surface area (TPSA) is 81.7 Å². The first kappa shape index (κ1) is 15.8. The van der Waals surface area contributed by atoms with Crippen LogP contribution in [-0.2, 0) is 19.1 Å². The van der Waals surface area contributed by atoms with Gasteiger partial charge in [0, 0.05) is 16.5 Å². The molecular weight excluding hydrogens is 342 g/mol. The van der Waals surface area contributed by atoms with Gasteiger partial charge in [-0.05, 0) is 6.07 Å². The van der Waals surface area contributed by atoms with Crippen LogP contribution in [-0.4, -0.2) is 37.1 Å². The summed E-state index contributed by atoms with van der Waals surface area (Å²) in [5.74, 6) is -1.71. The van der Waals surface area contributed by atoms with Crippen LogP contribution in [0, 0.1) is 0 Å². The zero-order chi connectivity index (χ0) is 16.4. The third kappa shape index (κ3) is 3.30. The Labute approximate surface area is 140 Å². The Hall–Kier alpha value is -2.12. The fourth-order valence-corrected chi connectivity index (χ4v) is 3.61. The molecule has 0 aliphatic carbocycles. The van der Waals surface area contributed by atoms with Crippen LogP contribution in [0.3, 0.4) is 0 Å². The van der Waals surface area contributed by atoms with Crippen LogP contribution < -0.4 is 5.32 Å². The molecule has 1 saturated heterocycles. The van der Waals surface area contributed by atoms with Crippen molar-refractivity contribution in [3.05, 3.63) is 34.2 Å². The van der Waals surface area contributed by atoms with Gasteiger partial charge in [-0.3, -0.25) is 9.59 Å². The Morgan fingerprint density at radius 2 is 2.17 bits per heavy atom. The third-order valence-corrected chi connectivity index (χ3v) is 4.97. The molecule has 1 N–H and O–H groups in total. The van der Waals surface area contributed by atoms with Crippen molar-refractivity contribution >= 4 is 50.9 Å². The summed E-state index contributed by atoms with van der Waals surface area (Å²) < 4.78 is 10.5. The number of cyclic esters (lactones) is 1. The molecule has 0 spiro atoms. The van der Waals surface area contributed by atoms with Crippen molar-refractivity contribution in [3.8, 4) is 0 Å². The van der Waals surface area contributed by atoms with Gasteiger partial charge in [-0.2, -0.15) is 0 Å². The zero-order valence-electron chi connectivity index (χ0n) is 11.8. The van der Waals surface area contributed by atoms with E-state index in [4.69, 9.17) is 21.1 Å². The van der Waals surface area contributed by atoms with Crippen molar-refractivity contribution in [1.82, 2.24) is 5.32 Å². The lowest BCUT2D eigenvalue weighted by Crippen LogP contribution is -2.33. The Balaban J connectivity index is 1.61. The molecule has 0 radical (unpaired) electrons. The minimum atomic E-state index is -0.882. The third-order valence-electron chi connectivity index (χ3n) is 3.30. The summed E-state index contributed by atoms with van der Waals surface area (Å²) in [5.41, 5.74) is 0.